The number of fused-ring (bicyclic) bond motifs is 1. The van der Waals surface area contributed by atoms with Gasteiger partial charge in [0.2, 0.25) is 5.95 Å². The minimum absolute atomic E-state index is 0.0133. The number of hydrogen-bond acceptors (Lipinski definition) is 6. The lowest BCUT2D eigenvalue weighted by molar-refractivity contribution is 0.580. The fourth-order valence-corrected chi connectivity index (χ4v) is 3.72. The van der Waals surface area contributed by atoms with Gasteiger partial charge in [-0.05, 0) is 36.6 Å². The average molecular weight is 453 g/mol. The topological polar surface area (TPSA) is 110 Å². The Hall–Kier alpha value is -4.03. The minimum Gasteiger partial charge on any atom is -0.368 e. The summed E-state index contributed by atoms with van der Waals surface area (Å²) in [7, 11) is 0. The van der Waals surface area contributed by atoms with Crippen LogP contribution in [0.3, 0.4) is 0 Å². The van der Waals surface area contributed by atoms with Crippen LogP contribution < -0.4 is 16.6 Å². The summed E-state index contributed by atoms with van der Waals surface area (Å²) in [5.41, 5.74) is 5.57. The van der Waals surface area contributed by atoms with Gasteiger partial charge in [-0.15, -0.1) is 0 Å². The summed E-state index contributed by atoms with van der Waals surface area (Å²) in [6.45, 7) is 1.71. The van der Waals surface area contributed by atoms with E-state index in [2.05, 4.69) is 15.3 Å². The van der Waals surface area contributed by atoms with E-state index in [9.17, 15) is 18.8 Å². The Kier molecular flexibility index (Phi) is 5.47. The number of nitrogens with two attached hydrogens (primary N) is 1. The Morgan fingerprint density at radius 3 is 2.62 bits per heavy atom. The Morgan fingerprint density at radius 2 is 1.94 bits per heavy atom. The quantitative estimate of drug-likeness (QED) is 0.476. The number of hydrogen-bond donors (Lipinski definition) is 2. The lowest BCUT2D eigenvalue weighted by atomic mass is 10.1. The molecule has 0 saturated carbocycles. The third-order valence-electron chi connectivity index (χ3n) is 4.85. The first-order valence-electron chi connectivity index (χ1n) is 9.38. The molecule has 0 saturated heterocycles. The van der Waals surface area contributed by atoms with E-state index in [0.717, 1.165) is 12.1 Å². The van der Waals surface area contributed by atoms with Gasteiger partial charge in [-0.25, -0.2) is 13.8 Å². The first-order valence-corrected chi connectivity index (χ1v) is 9.76. The van der Waals surface area contributed by atoms with Gasteiger partial charge in [0.15, 0.2) is 0 Å². The van der Waals surface area contributed by atoms with Gasteiger partial charge >= 0.3 is 0 Å². The van der Waals surface area contributed by atoms with Crippen molar-refractivity contribution in [1.29, 1.82) is 5.26 Å². The summed E-state index contributed by atoms with van der Waals surface area (Å²) in [6, 6.07) is 10.8. The molecule has 7 nitrogen and oxygen atoms in total. The first-order chi connectivity index (χ1) is 15.3. The second-order valence-corrected chi connectivity index (χ2v) is 7.42. The first kappa shape index (κ1) is 21.2. The summed E-state index contributed by atoms with van der Waals surface area (Å²) in [4.78, 5) is 21.3. The van der Waals surface area contributed by atoms with Crippen LogP contribution in [-0.4, -0.2) is 14.5 Å². The number of nitrogens with zero attached hydrogens (tertiary/aromatic N) is 4. The van der Waals surface area contributed by atoms with Gasteiger partial charge in [0, 0.05) is 11.8 Å². The van der Waals surface area contributed by atoms with E-state index in [1.54, 1.807) is 31.2 Å². The zero-order valence-corrected chi connectivity index (χ0v) is 17.4. The fraction of sp³-hybridized carbons (Fsp3) is 0.0909. The Balaban J connectivity index is 1.97. The number of nitrogens with one attached hydrogen (secondary N) is 1. The van der Waals surface area contributed by atoms with Crippen molar-refractivity contribution < 1.29 is 8.78 Å². The molecule has 2 aromatic carbocycles. The van der Waals surface area contributed by atoms with E-state index >= 15 is 0 Å². The van der Waals surface area contributed by atoms with Crippen LogP contribution in [0.1, 0.15) is 24.2 Å². The van der Waals surface area contributed by atoms with Gasteiger partial charge in [0.25, 0.3) is 5.56 Å². The standard InChI is InChI=1S/C22H15ClF2N6O/c1-11(29-20-13(9-26)10-28-22(27)30-20)18-5-12-3-2-4-17(23)19(12)21(32)31(18)16-7-14(24)6-15(25)8-16/h2-8,10-11H,1H3,(H3,27,28,29,30). The molecule has 1 atom stereocenters. The lowest BCUT2D eigenvalue weighted by Gasteiger charge is -2.22. The van der Waals surface area contributed by atoms with E-state index in [1.165, 1.54) is 10.8 Å². The van der Waals surface area contributed by atoms with Crippen molar-refractivity contribution >= 4 is 34.1 Å². The molecule has 3 N–H and O–H groups in total. The summed E-state index contributed by atoms with van der Waals surface area (Å²) in [5.74, 6) is -1.57. The van der Waals surface area contributed by atoms with E-state index in [4.69, 9.17) is 17.3 Å². The number of nitriles is 1. The molecular formula is C22H15ClF2N6O. The molecule has 4 aromatic rings. The molecular weight excluding hydrogens is 438 g/mol. The van der Waals surface area contributed by atoms with Crippen LogP contribution in [0.4, 0.5) is 20.5 Å². The van der Waals surface area contributed by atoms with E-state index < -0.39 is 23.2 Å². The maximum absolute atomic E-state index is 14.0. The van der Waals surface area contributed by atoms with Gasteiger partial charge in [-0.1, -0.05) is 23.7 Å². The smallest absolute Gasteiger partial charge is 0.264 e. The van der Waals surface area contributed by atoms with Crippen LogP contribution >= 0.6 is 11.6 Å². The molecule has 2 aromatic heterocycles. The van der Waals surface area contributed by atoms with Crippen LogP contribution in [0.5, 0.6) is 0 Å². The number of nitrogen functional groups attached to an aromatic ring is 1. The molecule has 10 heteroatoms. The maximum Gasteiger partial charge on any atom is 0.264 e. The van der Waals surface area contributed by atoms with Crippen molar-refractivity contribution in [2.24, 2.45) is 0 Å². The molecule has 0 aliphatic carbocycles. The predicted octanol–water partition coefficient (Wildman–Crippen LogP) is 4.34. The van der Waals surface area contributed by atoms with Crippen molar-refractivity contribution in [3.05, 3.63) is 86.9 Å². The molecule has 0 fully saturated rings. The molecule has 4 rings (SSSR count). The van der Waals surface area contributed by atoms with Crippen molar-refractivity contribution in [1.82, 2.24) is 14.5 Å². The number of pyridine rings is 1. The van der Waals surface area contributed by atoms with Crippen LogP contribution in [0, 0.1) is 23.0 Å². The van der Waals surface area contributed by atoms with Crippen molar-refractivity contribution in [3.8, 4) is 11.8 Å². The summed E-state index contributed by atoms with van der Waals surface area (Å²) in [5, 5.41) is 13.3. The molecule has 160 valence electrons. The third-order valence-corrected chi connectivity index (χ3v) is 5.17. The Morgan fingerprint density at radius 1 is 1.22 bits per heavy atom. The third kappa shape index (κ3) is 3.84. The molecule has 0 aliphatic rings. The SMILES string of the molecule is CC(Nc1nc(N)ncc1C#N)c1cc2cccc(Cl)c2c(=O)n1-c1cc(F)cc(F)c1. The minimum atomic E-state index is -0.840. The summed E-state index contributed by atoms with van der Waals surface area (Å²) in [6.07, 6.45) is 1.27. The number of aromatic nitrogens is 3. The molecule has 2 heterocycles. The number of rotatable bonds is 4. The second-order valence-electron chi connectivity index (χ2n) is 7.01. The van der Waals surface area contributed by atoms with Gasteiger partial charge in [-0.3, -0.25) is 9.36 Å². The fourth-order valence-electron chi connectivity index (χ4n) is 3.46. The highest BCUT2D eigenvalue weighted by molar-refractivity contribution is 6.35. The number of benzene rings is 2. The Labute approximate surface area is 185 Å². The van der Waals surface area contributed by atoms with Crippen LogP contribution in [0.2, 0.25) is 5.02 Å². The maximum atomic E-state index is 14.0. The van der Waals surface area contributed by atoms with E-state index in [0.29, 0.717) is 17.1 Å². The number of halogens is 3. The molecule has 0 bridgehead atoms. The lowest BCUT2D eigenvalue weighted by Crippen LogP contribution is -2.26. The van der Waals surface area contributed by atoms with E-state index in [-0.39, 0.29) is 33.4 Å². The molecule has 0 radical (unpaired) electrons. The molecule has 0 spiro atoms. The summed E-state index contributed by atoms with van der Waals surface area (Å²) < 4.78 is 29.2. The van der Waals surface area contributed by atoms with Crippen LogP contribution in [0.15, 0.2) is 53.5 Å². The van der Waals surface area contributed by atoms with Gasteiger partial charge in [-0.2, -0.15) is 10.2 Å². The molecule has 1 unspecified atom stereocenters. The second kappa shape index (κ2) is 8.24. The monoisotopic (exact) mass is 452 g/mol. The largest absolute Gasteiger partial charge is 0.368 e. The highest BCUT2D eigenvalue weighted by atomic mass is 35.5. The van der Waals surface area contributed by atoms with Crippen molar-refractivity contribution in [3.63, 3.8) is 0 Å². The highest BCUT2D eigenvalue weighted by Gasteiger charge is 2.20. The van der Waals surface area contributed by atoms with Crippen molar-refractivity contribution in [2.45, 2.75) is 13.0 Å². The zero-order chi connectivity index (χ0) is 23.0. The Bertz CT molecular complexity index is 1440. The van der Waals surface area contributed by atoms with Crippen LogP contribution in [0.25, 0.3) is 16.5 Å². The summed E-state index contributed by atoms with van der Waals surface area (Å²) >= 11 is 6.26. The van der Waals surface area contributed by atoms with E-state index in [1.807, 2.05) is 6.07 Å². The highest BCUT2D eigenvalue weighted by Crippen LogP contribution is 2.28. The predicted molar refractivity (Wildman–Crippen MR) is 118 cm³/mol. The van der Waals surface area contributed by atoms with Gasteiger partial charge < -0.3 is 11.1 Å². The molecule has 32 heavy (non-hydrogen) atoms. The molecule has 0 amide bonds. The van der Waals surface area contributed by atoms with Crippen molar-refractivity contribution in [2.75, 3.05) is 11.1 Å². The van der Waals surface area contributed by atoms with Crippen LogP contribution in [-0.2, 0) is 0 Å². The number of anilines is 2. The average Bonchev–Trinajstić information content (AvgIpc) is 2.73. The normalized spacial score (nSPS) is 11.8. The zero-order valence-electron chi connectivity index (χ0n) is 16.6. The molecule has 0 aliphatic heterocycles. The van der Waals surface area contributed by atoms with Gasteiger partial charge in [0.05, 0.1) is 28.3 Å². The van der Waals surface area contributed by atoms with Gasteiger partial charge in [0.1, 0.15) is 29.1 Å².